The molecule has 1 fully saturated rings. The van der Waals surface area contributed by atoms with E-state index in [1.54, 1.807) is 45.0 Å². The number of carbonyl (C=O) groups excluding carboxylic acids is 2. The quantitative estimate of drug-likeness (QED) is 0.765. The molecule has 0 radical (unpaired) electrons. The van der Waals surface area contributed by atoms with Gasteiger partial charge in [-0.2, -0.15) is 0 Å². The second kappa shape index (κ2) is 8.18. The summed E-state index contributed by atoms with van der Waals surface area (Å²) >= 11 is 0. The fourth-order valence-electron chi connectivity index (χ4n) is 2.65. The zero-order valence-corrected chi connectivity index (χ0v) is 15.4. The normalized spacial score (nSPS) is 13.9. The smallest absolute Gasteiger partial charge is 0.341 e. The van der Waals surface area contributed by atoms with Gasteiger partial charge in [-0.3, -0.25) is 9.59 Å². The molecule has 1 saturated heterocycles. The first-order valence-corrected chi connectivity index (χ1v) is 8.26. The van der Waals surface area contributed by atoms with Crippen LogP contribution in [-0.2, 0) is 14.3 Å². The van der Waals surface area contributed by atoms with Crippen molar-refractivity contribution in [3.05, 3.63) is 28.8 Å². The first-order chi connectivity index (χ1) is 12.2. The third kappa shape index (κ3) is 4.72. The molecule has 8 nitrogen and oxygen atoms in total. The molecule has 1 heterocycles. The molecule has 0 saturated carbocycles. The SMILES string of the molecule is Cc1cc(C(=O)N2CC(OCC(=O)N(C)C)C2)cc(C)c1OCC(=O)O. The molecule has 0 spiro atoms. The van der Waals surface area contributed by atoms with E-state index in [9.17, 15) is 14.4 Å². The summed E-state index contributed by atoms with van der Waals surface area (Å²) in [6.07, 6.45) is -0.136. The van der Waals surface area contributed by atoms with E-state index in [1.807, 2.05) is 0 Å². The largest absolute Gasteiger partial charge is 0.481 e. The van der Waals surface area contributed by atoms with Crippen LogP contribution < -0.4 is 4.74 Å². The molecule has 142 valence electrons. The maximum atomic E-state index is 12.6. The van der Waals surface area contributed by atoms with Gasteiger partial charge in [0.1, 0.15) is 12.4 Å². The molecule has 2 rings (SSSR count). The number of rotatable bonds is 7. The molecule has 0 unspecified atom stereocenters. The number of ether oxygens (including phenoxy) is 2. The fraction of sp³-hybridized carbons (Fsp3) is 0.500. The lowest BCUT2D eigenvalue weighted by molar-refractivity contribution is -0.139. The highest BCUT2D eigenvalue weighted by atomic mass is 16.5. The van der Waals surface area contributed by atoms with Gasteiger partial charge in [0, 0.05) is 32.7 Å². The van der Waals surface area contributed by atoms with Crippen LogP contribution in [0.4, 0.5) is 0 Å². The van der Waals surface area contributed by atoms with Crippen molar-refractivity contribution in [1.29, 1.82) is 0 Å². The number of nitrogens with zero attached hydrogens (tertiary/aromatic N) is 2. The molecule has 0 atom stereocenters. The lowest BCUT2D eigenvalue weighted by atomic mass is 10.0. The molecule has 26 heavy (non-hydrogen) atoms. The van der Waals surface area contributed by atoms with Crippen LogP contribution in [-0.4, -0.2) is 79.2 Å². The Morgan fingerprint density at radius 3 is 2.23 bits per heavy atom. The Balaban J connectivity index is 1.93. The maximum Gasteiger partial charge on any atom is 0.341 e. The predicted molar refractivity (Wildman–Crippen MR) is 93.4 cm³/mol. The van der Waals surface area contributed by atoms with E-state index in [0.29, 0.717) is 35.5 Å². The first kappa shape index (κ1) is 19.7. The first-order valence-electron chi connectivity index (χ1n) is 8.26. The number of carboxylic acids is 1. The second-order valence-electron chi connectivity index (χ2n) is 6.55. The number of likely N-dealkylation sites (N-methyl/N-ethyl adjacent to an activating group) is 1. The van der Waals surface area contributed by atoms with Crippen LogP contribution in [0.15, 0.2) is 12.1 Å². The Morgan fingerprint density at radius 2 is 1.73 bits per heavy atom. The second-order valence-corrected chi connectivity index (χ2v) is 6.55. The number of hydrogen-bond donors (Lipinski definition) is 1. The lowest BCUT2D eigenvalue weighted by Gasteiger charge is -2.39. The average molecular weight is 364 g/mol. The third-order valence-corrected chi connectivity index (χ3v) is 4.12. The van der Waals surface area contributed by atoms with Crippen LogP contribution in [0.2, 0.25) is 0 Å². The summed E-state index contributed by atoms with van der Waals surface area (Å²) in [6, 6.07) is 3.38. The monoisotopic (exact) mass is 364 g/mol. The van der Waals surface area contributed by atoms with Crippen molar-refractivity contribution in [3.63, 3.8) is 0 Å². The van der Waals surface area contributed by atoms with E-state index in [4.69, 9.17) is 14.6 Å². The van der Waals surface area contributed by atoms with Crippen LogP contribution in [0, 0.1) is 13.8 Å². The third-order valence-electron chi connectivity index (χ3n) is 4.12. The van der Waals surface area contributed by atoms with Crippen LogP contribution in [0.3, 0.4) is 0 Å². The van der Waals surface area contributed by atoms with Gasteiger partial charge in [0.25, 0.3) is 5.91 Å². The predicted octanol–water partition coefficient (Wildman–Crippen LogP) is 0.696. The zero-order chi connectivity index (χ0) is 19.4. The summed E-state index contributed by atoms with van der Waals surface area (Å²) in [4.78, 5) is 37.8. The fourth-order valence-corrected chi connectivity index (χ4v) is 2.65. The summed E-state index contributed by atoms with van der Waals surface area (Å²) in [5, 5.41) is 8.72. The average Bonchev–Trinajstić information content (AvgIpc) is 2.51. The van der Waals surface area contributed by atoms with E-state index in [2.05, 4.69) is 0 Å². The molecule has 0 bridgehead atoms. The Morgan fingerprint density at radius 1 is 1.15 bits per heavy atom. The standard InChI is InChI=1S/C18H24N2O6/c1-11-5-13(6-12(2)17(11)26-10-16(22)23)18(24)20-7-14(8-20)25-9-15(21)19(3)4/h5-6,14H,7-10H2,1-4H3,(H,22,23). The summed E-state index contributed by atoms with van der Waals surface area (Å²) < 4.78 is 10.8. The van der Waals surface area contributed by atoms with Gasteiger partial charge in [0.15, 0.2) is 6.61 Å². The molecule has 0 aromatic heterocycles. The van der Waals surface area contributed by atoms with Crippen molar-refractivity contribution in [2.45, 2.75) is 20.0 Å². The number of likely N-dealkylation sites (tertiary alicyclic amines) is 1. The van der Waals surface area contributed by atoms with Crippen LogP contribution in [0.1, 0.15) is 21.5 Å². The van der Waals surface area contributed by atoms with Crippen molar-refractivity contribution in [2.24, 2.45) is 0 Å². The Hall–Kier alpha value is -2.61. The topological polar surface area (TPSA) is 96.4 Å². The Kier molecular flexibility index (Phi) is 6.20. The van der Waals surface area contributed by atoms with Gasteiger partial charge in [-0.25, -0.2) is 4.79 Å². The number of hydrogen-bond acceptors (Lipinski definition) is 5. The summed E-state index contributed by atoms with van der Waals surface area (Å²) in [5.41, 5.74) is 1.93. The van der Waals surface area contributed by atoms with Crippen LogP contribution in [0.5, 0.6) is 5.75 Å². The van der Waals surface area contributed by atoms with E-state index in [0.717, 1.165) is 0 Å². The summed E-state index contributed by atoms with van der Waals surface area (Å²) in [5.74, 6) is -0.808. The minimum absolute atomic E-state index is 0.00747. The van der Waals surface area contributed by atoms with Gasteiger partial charge >= 0.3 is 5.97 Å². The number of carbonyl (C=O) groups is 3. The molecule has 1 N–H and O–H groups in total. The van der Waals surface area contributed by atoms with E-state index in [1.165, 1.54) is 4.90 Å². The highest BCUT2D eigenvalue weighted by molar-refractivity contribution is 5.95. The Labute approximate surface area is 152 Å². The molecule has 0 aliphatic carbocycles. The van der Waals surface area contributed by atoms with E-state index >= 15 is 0 Å². The molecule has 2 amide bonds. The molecular formula is C18H24N2O6. The van der Waals surface area contributed by atoms with E-state index in [-0.39, 0.29) is 24.5 Å². The van der Waals surface area contributed by atoms with Crippen LogP contribution in [0.25, 0.3) is 0 Å². The van der Waals surface area contributed by atoms with Crippen molar-refractivity contribution < 1.29 is 29.0 Å². The minimum atomic E-state index is -1.05. The number of aryl methyl sites for hydroxylation is 2. The number of benzene rings is 1. The van der Waals surface area contributed by atoms with Gasteiger partial charge in [0.2, 0.25) is 5.91 Å². The number of aliphatic carboxylic acids is 1. The number of amides is 2. The van der Waals surface area contributed by atoms with Gasteiger partial charge in [0.05, 0.1) is 6.10 Å². The van der Waals surface area contributed by atoms with Gasteiger partial charge in [-0.05, 0) is 37.1 Å². The van der Waals surface area contributed by atoms with Gasteiger partial charge < -0.3 is 24.4 Å². The molecular weight excluding hydrogens is 340 g/mol. The van der Waals surface area contributed by atoms with Crippen molar-refractivity contribution in [2.75, 3.05) is 40.4 Å². The number of carboxylic acid groups (broad SMARTS) is 1. The highest BCUT2D eigenvalue weighted by Gasteiger charge is 2.32. The lowest BCUT2D eigenvalue weighted by Crippen LogP contribution is -2.55. The van der Waals surface area contributed by atoms with Crippen molar-refractivity contribution in [1.82, 2.24) is 9.80 Å². The van der Waals surface area contributed by atoms with Crippen molar-refractivity contribution in [3.8, 4) is 5.75 Å². The minimum Gasteiger partial charge on any atom is -0.481 e. The van der Waals surface area contributed by atoms with Gasteiger partial charge in [-0.15, -0.1) is 0 Å². The molecule has 1 aromatic carbocycles. The zero-order valence-electron chi connectivity index (χ0n) is 15.4. The maximum absolute atomic E-state index is 12.6. The van der Waals surface area contributed by atoms with Gasteiger partial charge in [-0.1, -0.05) is 0 Å². The molecule has 1 aliphatic heterocycles. The summed E-state index contributed by atoms with van der Waals surface area (Å²) in [6.45, 7) is 4.01. The summed E-state index contributed by atoms with van der Waals surface area (Å²) in [7, 11) is 3.33. The highest BCUT2D eigenvalue weighted by Crippen LogP contribution is 2.26. The van der Waals surface area contributed by atoms with Crippen LogP contribution >= 0.6 is 0 Å². The van der Waals surface area contributed by atoms with Crippen molar-refractivity contribution >= 4 is 17.8 Å². The molecule has 1 aromatic rings. The van der Waals surface area contributed by atoms with E-state index < -0.39 is 12.6 Å². The molecule has 1 aliphatic rings. The Bertz CT molecular complexity index is 687. The molecule has 8 heteroatoms.